The summed E-state index contributed by atoms with van der Waals surface area (Å²) in [5, 5.41) is 19.4. The number of piperidine rings is 1. The smallest absolute Gasteiger partial charge is 0.179 e. The fraction of sp³-hybridized carbons (Fsp3) is 0.438. The molecule has 1 aromatic rings. The molecule has 21 heavy (non-hydrogen) atoms. The van der Waals surface area contributed by atoms with Gasteiger partial charge in [0, 0.05) is 37.5 Å². The normalized spacial score (nSPS) is 21.0. The quantitative estimate of drug-likeness (QED) is 0.840. The number of pyridine rings is 1. The van der Waals surface area contributed by atoms with E-state index in [4.69, 9.17) is 0 Å². The summed E-state index contributed by atoms with van der Waals surface area (Å²) in [6.45, 7) is 3.11. The Kier molecular flexibility index (Phi) is 3.26. The molecule has 0 saturated carbocycles. The minimum absolute atomic E-state index is 0.148. The Morgan fingerprint density at radius 1 is 1.43 bits per heavy atom. The first-order valence-electron chi connectivity index (χ1n) is 7.10. The van der Waals surface area contributed by atoms with E-state index in [1.807, 2.05) is 17.9 Å². The fourth-order valence-corrected chi connectivity index (χ4v) is 2.98. The lowest BCUT2D eigenvalue weighted by atomic mass is 9.87. The number of nitrogens with zero attached hydrogens (tertiary/aromatic N) is 3. The molecule has 0 radical (unpaired) electrons. The first-order chi connectivity index (χ1) is 10.0. The monoisotopic (exact) mass is 283 g/mol. The van der Waals surface area contributed by atoms with Crippen LogP contribution in [0.1, 0.15) is 30.9 Å². The van der Waals surface area contributed by atoms with E-state index in [0.717, 1.165) is 11.1 Å². The standard InChI is InChI=1S/C16H17N3O2/c1-16(21)3-6-19(7-4-16)15-12-2-5-18-10-11(12)8-14(20)13(15)9-17/h2,5,10,21H,3-4,6-8H2,1H3. The summed E-state index contributed by atoms with van der Waals surface area (Å²) in [6, 6.07) is 3.93. The molecule has 3 rings (SSSR count). The minimum Gasteiger partial charge on any atom is -0.390 e. The second-order valence-electron chi connectivity index (χ2n) is 5.95. The predicted molar refractivity (Wildman–Crippen MR) is 76.9 cm³/mol. The topological polar surface area (TPSA) is 77.2 Å². The van der Waals surface area contributed by atoms with Gasteiger partial charge in [0.15, 0.2) is 5.78 Å². The van der Waals surface area contributed by atoms with Crippen molar-refractivity contribution in [3.8, 4) is 6.07 Å². The lowest BCUT2D eigenvalue weighted by molar-refractivity contribution is -0.114. The number of hydrogen-bond acceptors (Lipinski definition) is 5. The Bertz CT molecular complexity index is 660. The number of Topliss-reactive ketones (excluding diaryl/α,β-unsaturated/α-hetero) is 1. The highest BCUT2D eigenvalue weighted by Crippen LogP contribution is 2.34. The molecule has 1 saturated heterocycles. The largest absolute Gasteiger partial charge is 0.390 e. The Balaban J connectivity index is 2.05. The number of aromatic nitrogens is 1. The molecule has 1 aliphatic heterocycles. The van der Waals surface area contributed by atoms with E-state index in [2.05, 4.69) is 11.1 Å². The highest BCUT2D eigenvalue weighted by molar-refractivity contribution is 6.09. The molecule has 1 aliphatic carbocycles. The van der Waals surface area contributed by atoms with E-state index in [0.29, 0.717) is 31.6 Å². The molecule has 5 nitrogen and oxygen atoms in total. The molecule has 0 bridgehead atoms. The summed E-state index contributed by atoms with van der Waals surface area (Å²) in [6.07, 6.45) is 4.87. The van der Waals surface area contributed by atoms with Crippen LogP contribution in [0.15, 0.2) is 24.0 Å². The number of likely N-dealkylation sites (tertiary alicyclic amines) is 1. The first kappa shape index (κ1) is 13.8. The summed E-state index contributed by atoms with van der Waals surface area (Å²) in [5.74, 6) is -0.148. The molecule has 1 fully saturated rings. The van der Waals surface area contributed by atoms with Gasteiger partial charge in [0.05, 0.1) is 11.3 Å². The number of hydrogen-bond donors (Lipinski definition) is 1. The fourth-order valence-electron chi connectivity index (χ4n) is 2.98. The van der Waals surface area contributed by atoms with Crippen LogP contribution in [0, 0.1) is 11.3 Å². The van der Waals surface area contributed by atoms with Gasteiger partial charge in [-0.05, 0) is 31.4 Å². The van der Waals surface area contributed by atoms with E-state index in [9.17, 15) is 15.2 Å². The minimum atomic E-state index is -0.663. The van der Waals surface area contributed by atoms with Crippen molar-refractivity contribution in [2.75, 3.05) is 13.1 Å². The number of carbonyl (C=O) groups excluding carboxylic acids is 1. The maximum atomic E-state index is 12.2. The van der Waals surface area contributed by atoms with Gasteiger partial charge >= 0.3 is 0 Å². The van der Waals surface area contributed by atoms with Gasteiger partial charge in [0.2, 0.25) is 0 Å². The lowest BCUT2D eigenvalue weighted by Crippen LogP contribution is -2.42. The van der Waals surface area contributed by atoms with Gasteiger partial charge in [-0.2, -0.15) is 5.26 Å². The molecule has 1 aromatic heterocycles. The molecule has 108 valence electrons. The van der Waals surface area contributed by atoms with Crippen molar-refractivity contribution in [1.82, 2.24) is 9.88 Å². The molecule has 0 spiro atoms. The average Bonchev–Trinajstić information content (AvgIpc) is 2.46. The molecular formula is C16H17N3O2. The second kappa shape index (κ2) is 4.97. The van der Waals surface area contributed by atoms with Crippen molar-refractivity contribution in [2.24, 2.45) is 0 Å². The van der Waals surface area contributed by atoms with E-state index < -0.39 is 5.60 Å². The molecule has 0 aromatic carbocycles. The van der Waals surface area contributed by atoms with Gasteiger partial charge in [-0.1, -0.05) is 0 Å². The van der Waals surface area contributed by atoms with Crippen LogP contribution in [0.2, 0.25) is 0 Å². The number of ketones is 1. The van der Waals surface area contributed by atoms with E-state index >= 15 is 0 Å². The van der Waals surface area contributed by atoms with Crippen molar-refractivity contribution in [1.29, 1.82) is 5.26 Å². The molecule has 0 amide bonds. The van der Waals surface area contributed by atoms with Gasteiger partial charge in [-0.3, -0.25) is 9.78 Å². The summed E-state index contributed by atoms with van der Waals surface area (Å²) in [4.78, 5) is 18.3. The zero-order chi connectivity index (χ0) is 15.0. The number of aliphatic hydroxyl groups is 1. The van der Waals surface area contributed by atoms with Crippen molar-refractivity contribution in [2.45, 2.75) is 31.8 Å². The van der Waals surface area contributed by atoms with Gasteiger partial charge < -0.3 is 10.0 Å². The van der Waals surface area contributed by atoms with E-state index in [-0.39, 0.29) is 17.8 Å². The molecular weight excluding hydrogens is 266 g/mol. The van der Waals surface area contributed by atoms with Gasteiger partial charge in [0.1, 0.15) is 11.6 Å². The van der Waals surface area contributed by atoms with Crippen LogP contribution < -0.4 is 0 Å². The van der Waals surface area contributed by atoms with Crippen LogP contribution in [0.25, 0.3) is 5.70 Å². The molecule has 2 heterocycles. The third kappa shape index (κ3) is 2.43. The van der Waals surface area contributed by atoms with Crippen molar-refractivity contribution < 1.29 is 9.90 Å². The number of rotatable bonds is 1. The molecule has 1 N–H and O–H groups in total. The summed E-state index contributed by atoms with van der Waals surface area (Å²) in [7, 11) is 0. The highest BCUT2D eigenvalue weighted by atomic mass is 16.3. The zero-order valence-corrected chi connectivity index (χ0v) is 12.0. The molecule has 2 aliphatic rings. The van der Waals surface area contributed by atoms with Gasteiger partial charge in [-0.15, -0.1) is 0 Å². The molecule has 0 atom stereocenters. The van der Waals surface area contributed by atoms with Gasteiger partial charge in [-0.25, -0.2) is 0 Å². The van der Waals surface area contributed by atoms with E-state index in [1.54, 1.807) is 12.4 Å². The highest BCUT2D eigenvalue weighted by Gasteiger charge is 2.33. The Hall–Kier alpha value is -2.19. The summed E-state index contributed by atoms with van der Waals surface area (Å²) in [5.41, 5.74) is 2.07. The maximum Gasteiger partial charge on any atom is 0.179 e. The second-order valence-corrected chi connectivity index (χ2v) is 5.95. The van der Waals surface area contributed by atoms with Crippen LogP contribution in [0.4, 0.5) is 0 Å². The molecule has 5 heteroatoms. The van der Waals surface area contributed by atoms with Crippen LogP contribution in [0.3, 0.4) is 0 Å². The van der Waals surface area contributed by atoms with Gasteiger partial charge in [0.25, 0.3) is 0 Å². The van der Waals surface area contributed by atoms with E-state index in [1.165, 1.54) is 0 Å². The first-order valence-corrected chi connectivity index (χ1v) is 7.10. The number of carbonyl (C=O) groups is 1. The van der Waals surface area contributed by atoms with Crippen LogP contribution in [-0.4, -0.2) is 39.5 Å². The third-order valence-electron chi connectivity index (χ3n) is 4.29. The zero-order valence-electron chi connectivity index (χ0n) is 12.0. The maximum absolute atomic E-state index is 12.2. The number of fused-ring (bicyclic) bond motifs is 1. The van der Waals surface area contributed by atoms with Crippen LogP contribution in [-0.2, 0) is 11.2 Å². The van der Waals surface area contributed by atoms with Crippen molar-refractivity contribution >= 4 is 11.5 Å². The van der Waals surface area contributed by atoms with Crippen molar-refractivity contribution in [3.05, 3.63) is 35.2 Å². The Morgan fingerprint density at radius 2 is 2.14 bits per heavy atom. The van der Waals surface area contributed by atoms with Crippen LogP contribution >= 0.6 is 0 Å². The average molecular weight is 283 g/mol. The van der Waals surface area contributed by atoms with Crippen LogP contribution in [0.5, 0.6) is 0 Å². The Morgan fingerprint density at radius 3 is 2.81 bits per heavy atom. The number of nitriles is 1. The molecule has 0 unspecified atom stereocenters. The Labute approximate surface area is 123 Å². The SMILES string of the molecule is CC1(O)CCN(C2=C(C#N)C(=O)Cc3cnccc32)CC1. The lowest BCUT2D eigenvalue weighted by Gasteiger charge is -2.39. The summed E-state index contributed by atoms with van der Waals surface area (Å²) >= 11 is 0. The predicted octanol–water partition coefficient (Wildman–Crippen LogP) is 1.29. The summed E-state index contributed by atoms with van der Waals surface area (Å²) < 4.78 is 0. The number of allylic oxidation sites excluding steroid dienone is 1. The van der Waals surface area contributed by atoms with Crippen molar-refractivity contribution in [3.63, 3.8) is 0 Å². The third-order valence-corrected chi connectivity index (χ3v) is 4.29.